The number of ketones is 3. The first kappa shape index (κ1) is 40.6. The van der Waals surface area contributed by atoms with Crippen molar-refractivity contribution in [3.05, 3.63) is 0 Å². The van der Waals surface area contributed by atoms with Gasteiger partial charge >= 0.3 is 0 Å². The second-order valence-electron chi connectivity index (χ2n) is 20.6. The van der Waals surface area contributed by atoms with Crippen LogP contribution < -0.4 is 5.73 Å². The lowest BCUT2D eigenvalue weighted by Crippen LogP contribution is -2.53. The fraction of sp³-hybridized carbons (Fsp3) is 0.857. The number of carbonyl (C=O) groups is 6. The van der Waals surface area contributed by atoms with Crippen LogP contribution in [0.1, 0.15) is 140 Å². The summed E-state index contributed by atoms with van der Waals surface area (Å²) in [7, 11) is 0. The Balaban J connectivity index is 1.39. The van der Waals surface area contributed by atoms with E-state index in [4.69, 9.17) is 10.5 Å². The molecule has 2 heterocycles. The van der Waals surface area contributed by atoms with Gasteiger partial charge in [-0.05, 0) is 67.1 Å². The van der Waals surface area contributed by atoms with Crippen molar-refractivity contribution in [3.63, 3.8) is 0 Å². The number of carbonyl (C=O) groups excluding carboxylic acids is 6. The Morgan fingerprint density at radius 3 is 1.81 bits per heavy atom. The molecule has 0 bridgehead atoms. The quantitative estimate of drug-likeness (QED) is 0.232. The maximum atomic E-state index is 15.0. The van der Waals surface area contributed by atoms with Crippen LogP contribution in [-0.2, 0) is 33.5 Å². The summed E-state index contributed by atoms with van der Waals surface area (Å²) in [5.74, 6) is -4.06. The van der Waals surface area contributed by atoms with E-state index in [-0.39, 0.29) is 58.9 Å². The zero-order valence-corrected chi connectivity index (χ0v) is 33.8. The minimum absolute atomic E-state index is 0.0276. The van der Waals surface area contributed by atoms with Crippen molar-refractivity contribution in [2.24, 2.45) is 56.5 Å². The van der Waals surface area contributed by atoms with E-state index in [0.29, 0.717) is 45.0 Å². The fourth-order valence-electron chi connectivity index (χ4n) is 10.8. The van der Waals surface area contributed by atoms with Crippen molar-refractivity contribution in [2.75, 3.05) is 26.2 Å². The van der Waals surface area contributed by atoms with E-state index in [9.17, 15) is 28.8 Å². The minimum Gasteiger partial charge on any atom is -0.372 e. The molecule has 0 aromatic carbocycles. The highest BCUT2D eigenvalue weighted by atomic mass is 16.5. The Morgan fingerprint density at radius 2 is 1.37 bits per heavy atom. The molecule has 2 saturated heterocycles. The summed E-state index contributed by atoms with van der Waals surface area (Å²) in [5, 5.41) is 0. The maximum Gasteiger partial charge on any atom is 0.285 e. The smallest absolute Gasteiger partial charge is 0.285 e. The molecule has 5 atom stereocenters. The third kappa shape index (κ3) is 7.27. The number of rotatable bonds is 13. The van der Waals surface area contributed by atoms with E-state index in [0.717, 1.165) is 38.5 Å². The van der Waals surface area contributed by atoms with Crippen molar-refractivity contribution in [1.29, 1.82) is 0 Å². The van der Waals surface area contributed by atoms with Gasteiger partial charge in [-0.25, -0.2) is 0 Å². The lowest BCUT2D eigenvalue weighted by Gasteiger charge is -2.42. The van der Waals surface area contributed by atoms with Crippen LogP contribution in [0.5, 0.6) is 0 Å². The molecule has 5 fully saturated rings. The molecule has 3 aliphatic carbocycles. The van der Waals surface area contributed by atoms with E-state index in [2.05, 4.69) is 13.8 Å². The highest BCUT2D eigenvalue weighted by molar-refractivity contribution is 6.36. The van der Waals surface area contributed by atoms with Crippen molar-refractivity contribution in [2.45, 2.75) is 152 Å². The van der Waals surface area contributed by atoms with Gasteiger partial charge in [-0.1, -0.05) is 81.1 Å². The first-order valence-corrected chi connectivity index (χ1v) is 20.0. The van der Waals surface area contributed by atoms with Crippen LogP contribution in [0.25, 0.3) is 0 Å². The van der Waals surface area contributed by atoms with Gasteiger partial charge in [0.15, 0.2) is 5.78 Å². The second kappa shape index (κ2) is 13.9. The van der Waals surface area contributed by atoms with Crippen LogP contribution in [0.3, 0.4) is 0 Å². The molecule has 2 N–H and O–H groups in total. The SMILES string of the molecule is CC1(C)CN(C(=O)[C@@H](CC(=O)C[C@H](C(=O)N2C[C@]3(C[C@H]2C(=O)CC(CC2CCC2)C(=O)C(N)=O)C(C)(C)C32CCC2)C(C)(C)C)C(C)(C)C)CCO1. The van der Waals surface area contributed by atoms with Crippen LogP contribution in [0.15, 0.2) is 0 Å². The molecular formula is C42H67N3O7. The van der Waals surface area contributed by atoms with Gasteiger partial charge in [0, 0.05) is 62.1 Å². The van der Waals surface area contributed by atoms with Gasteiger partial charge in [0.05, 0.1) is 18.2 Å². The van der Waals surface area contributed by atoms with Gasteiger partial charge in [-0.2, -0.15) is 0 Å². The Bertz CT molecular complexity index is 1460. The first-order valence-electron chi connectivity index (χ1n) is 20.0. The topological polar surface area (TPSA) is 144 Å². The fourth-order valence-corrected chi connectivity index (χ4v) is 10.8. The molecule has 1 unspecified atom stereocenters. The molecule has 2 aliphatic heterocycles. The number of nitrogens with zero attached hydrogens (tertiary/aromatic N) is 2. The molecule has 10 nitrogen and oxygen atoms in total. The van der Waals surface area contributed by atoms with Crippen LogP contribution >= 0.6 is 0 Å². The van der Waals surface area contributed by atoms with Gasteiger partial charge < -0.3 is 20.3 Å². The van der Waals surface area contributed by atoms with Crippen LogP contribution in [0.4, 0.5) is 0 Å². The zero-order valence-electron chi connectivity index (χ0n) is 33.8. The van der Waals surface area contributed by atoms with E-state index >= 15 is 0 Å². The van der Waals surface area contributed by atoms with Gasteiger partial charge in [-0.3, -0.25) is 28.8 Å². The average Bonchev–Trinajstić information content (AvgIpc) is 3.20. The van der Waals surface area contributed by atoms with E-state index < -0.39 is 51.9 Å². The van der Waals surface area contributed by atoms with E-state index in [1.165, 1.54) is 0 Å². The Morgan fingerprint density at radius 1 is 0.788 bits per heavy atom. The molecule has 3 saturated carbocycles. The third-order valence-corrected chi connectivity index (χ3v) is 14.7. The van der Waals surface area contributed by atoms with Crippen molar-refractivity contribution >= 4 is 35.1 Å². The second-order valence-corrected chi connectivity index (χ2v) is 20.6. The Labute approximate surface area is 312 Å². The van der Waals surface area contributed by atoms with Crippen molar-refractivity contribution in [3.8, 4) is 0 Å². The van der Waals surface area contributed by atoms with E-state index in [1.807, 2.05) is 60.3 Å². The number of hydrogen-bond donors (Lipinski definition) is 1. The molecule has 292 valence electrons. The van der Waals surface area contributed by atoms with Crippen LogP contribution in [-0.4, -0.2) is 82.8 Å². The molecule has 5 aliphatic rings. The number of likely N-dealkylation sites (tertiary alicyclic amines) is 1. The summed E-state index contributed by atoms with van der Waals surface area (Å²) in [6, 6.07) is -0.732. The van der Waals surface area contributed by atoms with Gasteiger partial charge in [0.2, 0.25) is 17.6 Å². The largest absolute Gasteiger partial charge is 0.372 e. The number of fused-ring (bicyclic) bond motifs is 1. The highest BCUT2D eigenvalue weighted by Gasteiger charge is 2.85. The minimum atomic E-state index is -1.01. The lowest BCUT2D eigenvalue weighted by atomic mass is 9.73. The summed E-state index contributed by atoms with van der Waals surface area (Å²) in [6.45, 7) is 22.1. The number of nitrogens with two attached hydrogens (primary N) is 1. The average molecular weight is 726 g/mol. The Hall–Kier alpha value is -2.62. The molecule has 52 heavy (non-hydrogen) atoms. The number of morpholine rings is 1. The summed E-state index contributed by atoms with van der Waals surface area (Å²) < 4.78 is 5.84. The third-order valence-electron chi connectivity index (χ3n) is 14.7. The van der Waals surface area contributed by atoms with Crippen LogP contribution in [0.2, 0.25) is 0 Å². The molecular weight excluding hydrogens is 658 g/mol. The summed E-state index contributed by atoms with van der Waals surface area (Å²) in [4.78, 5) is 86.1. The molecule has 2 spiro atoms. The monoisotopic (exact) mass is 725 g/mol. The van der Waals surface area contributed by atoms with Gasteiger partial charge in [-0.15, -0.1) is 0 Å². The molecule has 5 rings (SSSR count). The maximum absolute atomic E-state index is 15.0. The normalized spacial score (nSPS) is 28.1. The van der Waals surface area contributed by atoms with Gasteiger partial charge in [0.1, 0.15) is 5.78 Å². The molecule has 0 aromatic heterocycles. The number of amides is 3. The summed E-state index contributed by atoms with van der Waals surface area (Å²) in [6.07, 6.45) is 7.16. The predicted octanol–water partition coefficient (Wildman–Crippen LogP) is 5.92. The predicted molar refractivity (Wildman–Crippen MR) is 199 cm³/mol. The Kier molecular flexibility index (Phi) is 10.8. The number of ether oxygens (including phenoxy) is 1. The molecule has 10 heteroatoms. The van der Waals surface area contributed by atoms with Gasteiger partial charge in [0.25, 0.3) is 5.91 Å². The van der Waals surface area contributed by atoms with Crippen LogP contribution in [0, 0.1) is 50.7 Å². The van der Waals surface area contributed by atoms with Crippen molar-refractivity contribution < 1.29 is 33.5 Å². The molecule has 3 amide bonds. The number of primary amides is 1. The first-order chi connectivity index (χ1) is 23.9. The standard InChI is InChI=1S/C42H67N3O7/c1-37(2,3)29(35(50)44-17-18-52-39(7,8)24-44)21-28(46)22-30(38(4,5)6)36(51)45-25-42(40(9,10)41(42)15-12-16-41)23-31(45)32(47)20-27(33(48)34(43)49)19-26-13-11-14-26/h26-27,29-31H,11-25H2,1-10H3,(H2,43,49)/t27?,29-,30-,31+,42-/m1/s1. The zero-order chi connectivity index (χ0) is 38.8. The molecule has 0 radical (unpaired) electrons. The number of Topliss-reactive ketones (excluding diaryl/α,β-unsaturated/α-hetero) is 3. The lowest BCUT2D eigenvalue weighted by molar-refractivity contribution is -0.155. The molecule has 0 aromatic rings. The van der Waals surface area contributed by atoms with E-state index in [1.54, 1.807) is 4.90 Å². The highest BCUT2D eigenvalue weighted by Crippen LogP contribution is 2.88. The van der Waals surface area contributed by atoms with Crippen molar-refractivity contribution in [1.82, 2.24) is 9.80 Å². The summed E-state index contributed by atoms with van der Waals surface area (Å²) >= 11 is 0. The summed E-state index contributed by atoms with van der Waals surface area (Å²) in [5.41, 5.74) is 3.72. The number of hydrogen-bond acceptors (Lipinski definition) is 7.